The standard InChI is InChI=1S/C30H26ClN3O4/c1-16-7-3-4-8-20(16)26-24-25(28(36)34(27(24)35)19-12-11-17(2)22(31)13-19)30(33-26,29(37)38)14-18-15-32-23-10-6-5-9-21(18)23/h3-13,15,24-26,32-33H,14H2,1-2H3,(H,37,38). The maximum atomic E-state index is 14.1. The number of aryl methyl sites for hydroxylation is 2. The van der Waals surface area contributed by atoms with Crippen molar-refractivity contribution < 1.29 is 19.5 Å². The topological polar surface area (TPSA) is 102 Å². The fourth-order valence-corrected chi connectivity index (χ4v) is 6.37. The molecule has 3 heterocycles. The number of nitrogens with one attached hydrogen (secondary N) is 2. The van der Waals surface area contributed by atoms with Crippen LogP contribution in [0.5, 0.6) is 0 Å². The van der Waals surface area contributed by atoms with Crippen LogP contribution >= 0.6 is 11.6 Å². The fourth-order valence-electron chi connectivity index (χ4n) is 6.19. The maximum Gasteiger partial charge on any atom is 0.325 e. The highest BCUT2D eigenvalue weighted by Gasteiger charge is 2.68. The van der Waals surface area contributed by atoms with E-state index in [2.05, 4.69) is 10.3 Å². The lowest BCUT2D eigenvalue weighted by Gasteiger charge is -2.31. The van der Waals surface area contributed by atoms with E-state index in [9.17, 15) is 19.5 Å². The Morgan fingerprint density at radius 3 is 2.47 bits per heavy atom. The minimum absolute atomic E-state index is 0.0252. The summed E-state index contributed by atoms with van der Waals surface area (Å²) in [6.07, 6.45) is 1.81. The minimum atomic E-state index is -1.71. The molecule has 8 heteroatoms. The molecule has 2 amide bonds. The average molecular weight is 528 g/mol. The van der Waals surface area contributed by atoms with Gasteiger partial charge in [0.2, 0.25) is 11.8 Å². The second-order valence-corrected chi connectivity index (χ2v) is 10.6. The van der Waals surface area contributed by atoms with Crippen molar-refractivity contribution in [2.45, 2.75) is 31.8 Å². The van der Waals surface area contributed by atoms with Crippen LogP contribution in [0.1, 0.15) is 28.3 Å². The van der Waals surface area contributed by atoms with Crippen LogP contribution < -0.4 is 10.2 Å². The van der Waals surface area contributed by atoms with Gasteiger partial charge in [0.25, 0.3) is 0 Å². The third kappa shape index (κ3) is 3.50. The molecule has 38 heavy (non-hydrogen) atoms. The molecule has 4 atom stereocenters. The van der Waals surface area contributed by atoms with E-state index in [1.807, 2.05) is 62.4 Å². The molecule has 3 N–H and O–H groups in total. The number of fused-ring (bicyclic) bond motifs is 2. The average Bonchev–Trinajstić information content (AvgIpc) is 3.54. The zero-order valence-electron chi connectivity index (χ0n) is 20.9. The number of aromatic nitrogens is 1. The van der Waals surface area contributed by atoms with Crippen LogP contribution in [0, 0.1) is 25.7 Å². The van der Waals surface area contributed by atoms with E-state index in [-0.39, 0.29) is 6.42 Å². The van der Waals surface area contributed by atoms with Crippen molar-refractivity contribution in [2.75, 3.05) is 4.90 Å². The molecule has 4 unspecified atom stereocenters. The van der Waals surface area contributed by atoms with Crippen molar-refractivity contribution in [1.29, 1.82) is 0 Å². The number of aliphatic carboxylic acids is 1. The fraction of sp³-hybridized carbons (Fsp3) is 0.233. The molecule has 2 aliphatic heterocycles. The Bertz CT molecular complexity index is 1630. The van der Waals surface area contributed by atoms with Crippen molar-refractivity contribution >= 4 is 46.0 Å². The molecule has 0 radical (unpaired) electrons. The third-order valence-corrected chi connectivity index (χ3v) is 8.52. The number of para-hydroxylation sites is 1. The SMILES string of the molecule is Cc1ccc(N2C(=O)C3C(c4ccccc4C)NC(Cc4c[nH]c5ccccc45)(C(=O)O)C3C2=O)cc1Cl. The van der Waals surface area contributed by atoms with E-state index in [1.165, 1.54) is 0 Å². The molecule has 0 aliphatic carbocycles. The van der Waals surface area contributed by atoms with Gasteiger partial charge in [-0.2, -0.15) is 0 Å². The van der Waals surface area contributed by atoms with Crippen LogP contribution in [0.25, 0.3) is 10.9 Å². The Kier molecular flexibility index (Phi) is 5.67. The third-order valence-electron chi connectivity index (χ3n) is 8.12. The first-order valence-electron chi connectivity index (χ1n) is 12.5. The van der Waals surface area contributed by atoms with E-state index >= 15 is 0 Å². The van der Waals surface area contributed by atoms with Gasteiger partial charge in [-0.3, -0.25) is 19.7 Å². The second-order valence-electron chi connectivity index (χ2n) is 10.2. The first-order chi connectivity index (χ1) is 18.2. The van der Waals surface area contributed by atoms with Gasteiger partial charge in [0.1, 0.15) is 5.54 Å². The van der Waals surface area contributed by atoms with Crippen LogP contribution in [0.4, 0.5) is 5.69 Å². The summed E-state index contributed by atoms with van der Waals surface area (Å²) < 4.78 is 0. The van der Waals surface area contributed by atoms with Gasteiger partial charge >= 0.3 is 5.97 Å². The zero-order chi connectivity index (χ0) is 26.8. The van der Waals surface area contributed by atoms with Gasteiger partial charge in [-0.1, -0.05) is 60.1 Å². The normalized spacial score (nSPS) is 24.8. The Labute approximate surface area is 224 Å². The van der Waals surface area contributed by atoms with Gasteiger partial charge in [-0.05, 0) is 54.3 Å². The summed E-state index contributed by atoms with van der Waals surface area (Å²) in [5.74, 6) is -4.15. The molecule has 2 fully saturated rings. The van der Waals surface area contributed by atoms with Gasteiger partial charge in [0.05, 0.1) is 17.5 Å². The number of imide groups is 1. The molecule has 0 saturated carbocycles. The molecule has 7 nitrogen and oxygen atoms in total. The highest BCUT2D eigenvalue weighted by molar-refractivity contribution is 6.32. The van der Waals surface area contributed by atoms with Gasteiger partial charge in [-0.25, -0.2) is 4.90 Å². The Balaban J connectivity index is 1.53. The molecule has 6 rings (SSSR count). The number of anilines is 1. The lowest BCUT2D eigenvalue weighted by Crippen LogP contribution is -2.57. The lowest BCUT2D eigenvalue weighted by molar-refractivity contribution is -0.148. The number of hydrogen-bond acceptors (Lipinski definition) is 4. The molecule has 0 spiro atoms. The molecule has 0 bridgehead atoms. The van der Waals surface area contributed by atoms with Crippen molar-refractivity contribution in [2.24, 2.45) is 11.8 Å². The number of H-pyrrole nitrogens is 1. The monoisotopic (exact) mass is 527 g/mol. The number of nitrogens with zero attached hydrogens (tertiary/aromatic N) is 1. The molecule has 192 valence electrons. The number of carbonyl (C=O) groups excluding carboxylic acids is 2. The van der Waals surface area contributed by atoms with Gasteiger partial charge in [0.15, 0.2) is 0 Å². The van der Waals surface area contributed by atoms with Crippen LogP contribution in [-0.4, -0.2) is 33.4 Å². The van der Waals surface area contributed by atoms with Crippen molar-refractivity contribution in [3.8, 4) is 0 Å². The van der Waals surface area contributed by atoms with Crippen molar-refractivity contribution in [3.05, 3.63) is 100 Å². The Morgan fingerprint density at radius 2 is 1.74 bits per heavy atom. The van der Waals surface area contributed by atoms with Crippen molar-refractivity contribution in [1.82, 2.24) is 10.3 Å². The summed E-state index contributed by atoms with van der Waals surface area (Å²) in [4.78, 5) is 45.7. The predicted molar refractivity (Wildman–Crippen MR) is 145 cm³/mol. The summed E-state index contributed by atoms with van der Waals surface area (Å²) in [6.45, 7) is 3.76. The smallest absolute Gasteiger partial charge is 0.325 e. The van der Waals surface area contributed by atoms with Crippen molar-refractivity contribution in [3.63, 3.8) is 0 Å². The maximum absolute atomic E-state index is 14.1. The predicted octanol–water partition coefficient (Wildman–Crippen LogP) is 4.95. The van der Waals surface area contributed by atoms with E-state index in [1.54, 1.807) is 24.4 Å². The summed E-state index contributed by atoms with van der Waals surface area (Å²) >= 11 is 6.35. The Hall–Kier alpha value is -3.94. The van der Waals surface area contributed by atoms with Gasteiger partial charge < -0.3 is 10.1 Å². The molecule has 4 aromatic rings. The highest BCUT2D eigenvalue weighted by Crippen LogP contribution is 2.51. The van der Waals surface area contributed by atoms with E-state index in [0.29, 0.717) is 10.7 Å². The summed E-state index contributed by atoms with van der Waals surface area (Å²) in [5.41, 5.74) is 2.80. The lowest BCUT2D eigenvalue weighted by atomic mass is 9.76. The quantitative estimate of drug-likeness (QED) is 0.319. The van der Waals surface area contributed by atoms with Crippen LogP contribution in [0.3, 0.4) is 0 Å². The Morgan fingerprint density at radius 1 is 1.00 bits per heavy atom. The number of hydrogen-bond donors (Lipinski definition) is 3. The van der Waals surface area contributed by atoms with E-state index in [0.717, 1.165) is 38.1 Å². The molecular weight excluding hydrogens is 502 g/mol. The van der Waals surface area contributed by atoms with Gasteiger partial charge in [-0.15, -0.1) is 0 Å². The summed E-state index contributed by atoms with van der Waals surface area (Å²) in [6, 6.07) is 19.5. The first kappa shape index (κ1) is 24.4. The van der Waals surface area contributed by atoms with Gasteiger partial charge in [0, 0.05) is 34.6 Å². The molecule has 2 saturated heterocycles. The van der Waals surface area contributed by atoms with Crippen LogP contribution in [0.15, 0.2) is 72.9 Å². The summed E-state index contributed by atoms with van der Waals surface area (Å²) in [5, 5.41) is 15.4. The first-order valence-corrected chi connectivity index (χ1v) is 12.9. The van der Waals surface area contributed by atoms with E-state index < -0.39 is 41.2 Å². The number of carboxylic acid groups (broad SMARTS) is 1. The number of amides is 2. The number of halogens is 1. The largest absolute Gasteiger partial charge is 0.480 e. The number of rotatable bonds is 5. The molecule has 3 aromatic carbocycles. The number of carbonyl (C=O) groups is 3. The second kappa shape index (κ2) is 8.82. The minimum Gasteiger partial charge on any atom is -0.480 e. The highest BCUT2D eigenvalue weighted by atomic mass is 35.5. The zero-order valence-corrected chi connectivity index (χ0v) is 21.6. The van der Waals surface area contributed by atoms with Crippen LogP contribution in [0.2, 0.25) is 5.02 Å². The molecular formula is C30H26ClN3O4. The van der Waals surface area contributed by atoms with E-state index in [4.69, 9.17) is 11.6 Å². The molecule has 1 aromatic heterocycles. The number of aromatic amines is 1. The summed E-state index contributed by atoms with van der Waals surface area (Å²) in [7, 11) is 0. The molecule has 2 aliphatic rings. The number of carboxylic acids is 1. The number of benzene rings is 3. The van der Waals surface area contributed by atoms with Crippen LogP contribution in [-0.2, 0) is 20.8 Å².